The van der Waals surface area contributed by atoms with Crippen molar-refractivity contribution in [1.82, 2.24) is 0 Å². The van der Waals surface area contributed by atoms with Crippen molar-refractivity contribution in [2.75, 3.05) is 6.79 Å². The predicted octanol–water partition coefficient (Wildman–Crippen LogP) is 3.66. The van der Waals surface area contributed by atoms with Crippen molar-refractivity contribution in [3.05, 3.63) is 68.3 Å². The highest BCUT2D eigenvalue weighted by molar-refractivity contribution is 5.97. The average Bonchev–Trinajstić information content (AvgIpc) is 3.23. The van der Waals surface area contributed by atoms with Crippen LogP contribution in [0, 0.1) is 10.1 Å². The van der Waals surface area contributed by atoms with E-state index in [0.717, 1.165) is 19.3 Å². The Morgan fingerprint density at radius 1 is 1.07 bits per heavy atom. The fourth-order valence-electron chi connectivity index (χ4n) is 3.83. The Labute approximate surface area is 172 Å². The standard InChI is InChI=1S/C22H21NO7/c24-20(16-5-4-14-2-1-3-15(14)8-16)6-7-21(25)29-12-18-10-19(23(26)27)9-17-11-28-13-30-22(17)18/h4-5,8-10H,1-3,6-7,11-13H2. The van der Waals surface area contributed by atoms with E-state index in [1.165, 1.54) is 23.3 Å². The van der Waals surface area contributed by atoms with Gasteiger partial charge in [0.2, 0.25) is 0 Å². The van der Waals surface area contributed by atoms with Crippen molar-refractivity contribution in [2.24, 2.45) is 0 Å². The summed E-state index contributed by atoms with van der Waals surface area (Å²) in [5, 5.41) is 11.1. The van der Waals surface area contributed by atoms with Gasteiger partial charge in [0.15, 0.2) is 12.6 Å². The van der Waals surface area contributed by atoms with Crippen molar-refractivity contribution in [2.45, 2.75) is 45.3 Å². The minimum Gasteiger partial charge on any atom is -0.467 e. The van der Waals surface area contributed by atoms with Gasteiger partial charge >= 0.3 is 5.97 Å². The summed E-state index contributed by atoms with van der Waals surface area (Å²) in [6.07, 6.45) is 3.13. The molecule has 8 heteroatoms. The molecule has 0 atom stereocenters. The minimum absolute atomic E-state index is 0.0288. The molecule has 8 nitrogen and oxygen atoms in total. The van der Waals surface area contributed by atoms with Crippen LogP contribution in [0.2, 0.25) is 0 Å². The van der Waals surface area contributed by atoms with Crippen LogP contribution < -0.4 is 4.74 Å². The molecule has 156 valence electrons. The fraction of sp³-hybridized carbons (Fsp3) is 0.364. The van der Waals surface area contributed by atoms with Crippen LogP contribution in [0.4, 0.5) is 5.69 Å². The van der Waals surface area contributed by atoms with E-state index in [2.05, 4.69) is 0 Å². The van der Waals surface area contributed by atoms with Gasteiger partial charge in [-0.2, -0.15) is 0 Å². The van der Waals surface area contributed by atoms with Crippen LogP contribution >= 0.6 is 0 Å². The van der Waals surface area contributed by atoms with Crippen LogP contribution in [0.15, 0.2) is 30.3 Å². The van der Waals surface area contributed by atoms with Gasteiger partial charge in [0.05, 0.1) is 18.0 Å². The molecular weight excluding hydrogens is 390 g/mol. The number of Topliss-reactive ketones (excluding diaryl/α,β-unsaturated/α-hetero) is 1. The summed E-state index contributed by atoms with van der Waals surface area (Å²) in [5.41, 5.74) is 3.93. The smallest absolute Gasteiger partial charge is 0.306 e. The van der Waals surface area contributed by atoms with Crippen LogP contribution in [0.3, 0.4) is 0 Å². The zero-order valence-corrected chi connectivity index (χ0v) is 16.3. The summed E-state index contributed by atoms with van der Waals surface area (Å²) in [7, 11) is 0. The molecule has 0 spiro atoms. The van der Waals surface area contributed by atoms with Crippen LogP contribution in [0.1, 0.15) is 51.9 Å². The number of nitro benzene ring substituents is 1. The Hall–Kier alpha value is -3.26. The summed E-state index contributed by atoms with van der Waals surface area (Å²) in [5.74, 6) is -0.208. The van der Waals surface area contributed by atoms with Crippen LogP contribution in [0.5, 0.6) is 5.75 Å². The largest absolute Gasteiger partial charge is 0.467 e. The topological polar surface area (TPSA) is 105 Å². The van der Waals surface area contributed by atoms with E-state index in [9.17, 15) is 19.7 Å². The predicted molar refractivity (Wildman–Crippen MR) is 105 cm³/mol. The third kappa shape index (κ3) is 4.33. The Bertz CT molecular complexity index is 1010. The highest BCUT2D eigenvalue weighted by Crippen LogP contribution is 2.33. The number of ketones is 1. The number of hydrogen-bond donors (Lipinski definition) is 0. The van der Waals surface area contributed by atoms with Crippen molar-refractivity contribution < 1.29 is 28.7 Å². The van der Waals surface area contributed by atoms with Crippen LogP contribution in [0.25, 0.3) is 0 Å². The van der Waals surface area contributed by atoms with Crippen LogP contribution in [-0.2, 0) is 40.3 Å². The molecule has 0 saturated heterocycles. The summed E-state index contributed by atoms with van der Waals surface area (Å²) in [6, 6.07) is 8.43. The van der Waals surface area contributed by atoms with Gasteiger partial charge < -0.3 is 14.2 Å². The molecule has 0 N–H and O–H groups in total. The number of nitrogens with zero attached hydrogens (tertiary/aromatic N) is 1. The number of hydrogen-bond acceptors (Lipinski definition) is 7. The Morgan fingerprint density at radius 2 is 1.90 bits per heavy atom. The number of carbonyl (C=O) groups is 2. The molecule has 1 aliphatic carbocycles. The lowest BCUT2D eigenvalue weighted by molar-refractivity contribution is -0.385. The van der Waals surface area contributed by atoms with Gasteiger partial charge in [0.1, 0.15) is 12.4 Å². The van der Waals surface area contributed by atoms with E-state index in [1.54, 1.807) is 0 Å². The molecule has 4 rings (SSSR count). The molecule has 30 heavy (non-hydrogen) atoms. The minimum atomic E-state index is -0.545. The Morgan fingerprint density at radius 3 is 2.73 bits per heavy atom. The number of ether oxygens (including phenoxy) is 3. The molecule has 0 unspecified atom stereocenters. The average molecular weight is 411 g/mol. The number of aryl methyl sites for hydroxylation is 2. The Balaban J connectivity index is 1.35. The van der Waals surface area contributed by atoms with Crippen LogP contribution in [-0.4, -0.2) is 23.5 Å². The third-order valence-electron chi connectivity index (χ3n) is 5.35. The molecule has 1 heterocycles. The van der Waals surface area contributed by atoms with E-state index in [0.29, 0.717) is 22.4 Å². The maximum atomic E-state index is 12.4. The molecule has 0 bridgehead atoms. The van der Waals surface area contributed by atoms with Gasteiger partial charge in [-0.25, -0.2) is 0 Å². The first kappa shape index (κ1) is 20.0. The van der Waals surface area contributed by atoms with Crippen molar-refractivity contribution >= 4 is 17.4 Å². The number of non-ortho nitro benzene ring substituents is 1. The second kappa shape index (κ2) is 8.62. The van der Waals surface area contributed by atoms with E-state index in [4.69, 9.17) is 14.2 Å². The van der Waals surface area contributed by atoms with Crippen molar-refractivity contribution in [1.29, 1.82) is 0 Å². The molecular formula is C22H21NO7. The van der Waals surface area contributed by atoms with Crippen molar-refractivity contribution in [3.63, 3.8) is 0 Å². The molecule has 1 aliphatic heterocycles. The molecule has 2 aromatic rings. The highest BCUT2D eigenvalue weighted by Gasteiger charge is 2.22. The quantitative estimate of drug-likeness (QED) is 0.296. The summed E-state index contributed by atoms with van der Waals surface area (Å²) in [4.78, 5) is 35.2. The molecule has 2 aliphatic rings. The number of fused-ring (bicyclic) bond motifs is 2. The number of rotatable bonds is 7. The molecule has 0 saturated carbocycles. The van der Waals surface area contributed by atoms with E-state index < -0.39 is 10.9 Å². The number of benzene rings is 2. The number of carbonyl (C=O) groups excluding carboxylic acids is 2. The SMILES string of the molecule is O=C(CCC(=O)c1ccc2c(c1)CCC2)OCc1cc([N+](=O)[O-])cc2c1OCOC2. The highest BCUT2D eigenvalue weighted by atomic mass is 16.7. The lowest BCUT2D eigenvalue weighted by Crippen LogP contribution is -2.15. The van der Waals surface area contributed by atoms with Gasteiger partial charge in [-0.05, 0) is 36.5 Å². The zero-order valence-electron chi connectivity index (χ0n) is 16.3. The maximum absolute atomic E-state index is 12.4. The Kier molecular flexibility index (Phi) is 5.76. The maximum Gasteiger partial charge on any atom is 0.306 e. The second-order valence-electron chi connectivity index (χ2n) is 7.38. The van der Waals surface area contributed by atoms with Gasteiger partial charge in [0.25, 0.3) is 5.69 Å². The summed E-state index contributed by atoms with van der Waals surface area (Å²) in [6.45, 7) is 0.0458. The lowest BCUT2D eigenvalue weighted by atomic mass is 10.0. The van der Waals surface area contributed by atoms with Gasteiger partial charge in [0, 0.05) is 35.2 Å². The zero-order chi connectivity index (χ0) is 21.1. The molecule has 0 radical (unpaired) electrons. The summed E-state index contributed by atoms with van der Waals surface area (Å²) >= 11 is 0. The third-order valence-corrected chi connectivity index (χ3v) is 5.35. The number of esters is 1. The molecule has 0 aromatic heterocycles. The monoisotopic (exact) mass is 411 g/mol. The van der Waals surface area contributed by atoms with Gasteiger partial charge in [-0.1, -0.05) is 12.1 Å². The van der Waals surface area contributed by atoms with E-state index in [-0.39, 0.29) is 44.3 Å². The van der Waals surface area contributed by atoms with Gasteiger partial charge in [-0.15, -0.1) is 0 Å². The first-order valence-corrected chi connectivity index (χ1v) is 9.82. The van der Waals surface area contributed by atoms with Gasteiger partial charge in [-0.3, -0.25) is 19.7 Å². The van der Waals surface area contributed by atoms with Crippen molar-refractivity contribution in [3.8, 4) is 5.75 Å². The summed E-state index contributed by atoms with van der Waals surface area (Å²) < 4.78 is 15.8. The molecule has 0 fully saturated rings. The normalized spacial score (nSPS) is 14.4. The second-order valence-corrected chi connectivity index (χ2v) is 7.38. The van der Waals surface area contributed by atoms with E-state index >= 15 is 0 Å². The molecule has 2 aromatic carbocycles. The number of nitro groups is 1. The first-order valence-electron chi connectivity index (χ1n) is 9.82. The lowest BCUT2D eigenvalue weighted by Gasteiger charge is -2.20. The van der Waals surface area contributed by atoms with E-state index in [1.807, 2.05) is 18.2 Å². The fourth-order valence-corrected chi connectivity index (χ4v) is 3.83. The molecule has 0 amide bonds. The first-order chi connectivity index (χ1) is 14.5.